The molecule has 0 saturated heterocycles. The normalized spacial score (nSPS) is 15.1. The molecule has 1 aliphatic heterocycles. The molecule has 1 N–H and O–H groups in total. The minimum Gasteiger partial charge on any atom is -0.490 e. The van der Waals surface area contributed by atoms with Crippen molar-refractivity contribution < 1.29 is 18.9 Å². The molecule has 118 valence electrons. The predicted octanol–water partition coefficient (Wildman–Crippen LogP) is 2.72. The van der Waals surface area contributed by atoms with Gasteiger partial charge in [-0.2, -0.15) is 0 Å². The van der Waals surface area contributed by atoms with Gasteiger partial charge in [-0.25, -0.2) is 0 Å². The molecule has 0 spiro atoms. The largest absolute Gasteiger partial charge is 0.490 e. The van der Waals surface area contributed by atoms with E-state index in [4.69, 9.17) is 18.9 Å². The number of benzene rings is 1. The molecule has 1 unspecified atom stereocenters. The molecule has 0 bridgehead atoms. The van der Waals surface area contributed by atoms with Crippen LogP contribution in [0.1, 0.15) is 33.3 Å². The van der Waals surface area contributed by atoms with E-state index in [-0.39, 0.29) is 18.4 Å². The highest BCUT2D eigenvalue weighted by molar-refractivity contribution is 5.51. The number of hydrogen-bond acceptors (Lipinski definition) is 5. The summed E-state index contributed by atoms with van der Waals surface area (Å²) < 4.78 is 22.0. The van der Waals surface area contributed by atoms with Gasteiger partial charge >= 0.3 is 0 Å². The van der Waals surface area contributed by atoms with E-state index in [1.807, 2.05) is 19.1 Å². The Hall–Kier alpha value is -1.46. The second-order valence-corrected chi connectivity index (χ2v) is 6.27. The van der Waals surface area contributed by atoms with Crippen LogP contribution in [0.4, 0.5) is 0 Å². The molecule has 1 aliphatic rings. The SMILES string of the molecule is COC(C)COc1cc2c(cc1CNC(C)(C)C)OCO2. The van der Waals surface area contributed by atoms with E-state index >= 15 is 0 Å². The lowest BCUT2D eigenvalue weighted by Gasteiger charge is -2.22. The molecule has 0 fully saturated rings. The molecular formula is C16H25NO4. The molecule has 0 radical (unpaired) electrons. The van der Waals surface area contributed by atoms with Gasteiger partial charge in [-0.3, -0.25) is 0 Å². The summed E-state index contributed by atoms with van der Waals surface area (Å²) in [5, 5.41) is 3.46. The first-order valence-electron chi connectivity index (χ1n) is 7.22. The molecule has 2 rings (SSSR count). The van der Waals surface area contributed by atoms with E-state index in [1.165, 1.54) is 0 Å². The van der Waals surface area contributed by atoms with Crippen LogP contribution in [0.25, 0.3) is 0 Å². The molecule has 0 aliphatic carbocycles. The average Bonchev–Trinajstić information content (AvgIpc) is 2.87. The van der Waals surface area contributed by atoms with Crippen molar-refractivity contribution in [1.82, 2.24) is 5.32 Å². The Morgan fingerprint density at radius 2 is 1.90 bits per heavy atom. The minimum absolute atomic E-state index is 0.0352. The minimum atomic E-state index is 0.0352. The van der Waals surface area contributed by atoms with Crippen LogP contribution < -0.4 is 19.5 Å². The van der Waals surface area contributed by atoms with Crippen LogP contribution in [-0.2, 0) is 11.3 Å². The van der Waals surface area contributed by atoms with Crippen molar-refractivity contribution in [3.05, 3.63) is 17.7 Å². The highest BCUT2D eigenvalue weighted by atomic mass is 16.7. The fourth-order valence-corrected chi connectivity index (χ4v) is 1.87. The molecule has 5 heteroatoms. The quantitative estimate of drug-likeness (QED) is 0.874. The van der Waals surface area contributed by atoms with Gasteiger partial charge in [0, 0.05) is 30.8 Å². The van der Waals surface area contributed by atoms with Crippen molar-refractivity contribution >= 4 is 0 Å². The van der Waals surface area contributed by atoms with Crippen molar-refractivity contribution in [3.63, 3.8) is 0 Å². The molecule has 1 aromatic rings. The number of ether oxygens (including phenoxy) is 4. The molecule has 5 nitrogen and oxygen atoms in total. The third kappa shape index (κ3) is 4.51. The van der Waals surface area contributed by atoms with Gasteiger partial charge in [0.2, 0.25) is 6.79 Å². The van der Waals surface area contributed by atoms with Crippen LogP contribution in [-0.4, -0.2) is 32.2 Å². The highest BCUT2D eigenvalue weighted by Gasteiger charge is 2.19. The van der Waals surface area contributed by atoms with Gasteiger partial charge in [0.05, 0.1) is 6.10 Å². The Kier molecular flexibility index (Phi) is 4.96. The summed E-state index contributed by atoms with van der Waals surface area (Å²) in [6, 6.07) is 3.87. The molecule has 0 saturated carbocycles. The summed E-state index contributed by atoms with van der Waals surface area (Å²) in [6.45, 7) is 9.84. The van der Waals surface area contributed by atoms with Crippen LogP contribution in [0.15, 0.2) is 12.1 Å². The summed E-state index contributed by atoms with van der Waals surface area (Å²) in [4.78, 5) is 0. The van der Waals surface area contributed by atoms with E-state index < -0.39 is 0 Å². The second kappa shape index (κ2) is 6.54. The molecule has 1 heterocycles. The van der Waals surface area contributed by atoms with Gasteiger partial charge in [0.15, 0.2) is 11.5 Å². The Bertz CT molecular complexity index is 482. The van der Waals surface area contributed by atoms with Crippen LogP contribution in [0.2, 0.25) is 0 Å². The fraction of sp³-hybridized carbons (Fsp3) is 0.625. The van der Waals surface area contributed by atoms with E-state index in [2.05, 4.69) is 26.1 Å². The molecule has 1 aromatic carbocycles. The zero-order valence-corrected chi connectivity index (χ0v) is 13.5. The Labute approximate surface area is 126 Å². The third-order valence-corrected chi connectivity index (χ3v) is 3.24. The maximum atomic E-state index is 5.88. The van der Waals surface area contributed by atoms with Gasteiger partial charge in [0.1, 0.15) is 12.4 Å². The van der Waals surface area contributed by atoms with Gasteiger partial charge in [-0.1, -0.05) is 0 Å². The third-order valence-electron chi connectivity index (χ3n) is 3.24. The smallest absolute Gasteiger partial charge is 0.231 e. The van der Waals surface area contributed by atoms with Gasteiger partial charge in [-0.15, -0.1) is 0 Å². The molecule has 0 amide bonds. The summed E-state index contributed by atoms with van der Waals surface area (Å²) >= 11 is 0. The van der Waals surface area contributed by atoms with Crippen molar-refractivity contribution in [2.75, 3.05) is 20.5 Å². The van der Waals surface area contributed by atoms with Crippen molar-refractivity contribution in [2.24, 2.45) is 0 Å². The summed E-state index contributed by atoms with van der Waals surface area (Å²) in [5.74, 6) is 2.31. The molecule has 21 heavy (non-hydrogen) atoms. The number of fused-ring (bicyclic) bond motifs is 1. The van der Waals surface area contributed by atoms with Crippen LogP contribution >= 0.6 is 0 Å². The highest BCUT2D eigenvalue weighted by Crippen LogP contribution is 2.38. The van der Waals surface area contributed by atoms with Crippen LogP contribution in [0.3, 0.4) is 0 Å². The average molecular weight is 295 g/mol. The van der Waals surface area contributed by atoms with Gasteiger partial charge in [-0.05, 0) is 33.8 Å². The second-order valence-electron chi connectivity index (χ2n) is 6.27. The molecule has 1 atom stereocenters. The fourth-order valence-electron chi connectivity index (χ4n) is 1.87. The van der Waals surface area contributed by atoms with E-state index in [0.717, 1.165) is 22.8 Å². The number of methoxy groups -OCH3 is 1. The van der Waals surface area contributed by atoms with Crippen molar-refractivity contribution in [3.8, 4) is 17.2 Å². The summed E-state index contributed by atoms with van der Waals surface area (Å²) in [7, 11) is 1.68. The maximum Gasteiger partial charge on any atom is 0.231 e. The zero-order chi connectivity index (χ0) is 15.5. The topological polar surface area (TPSA) is 49.0 Å². The van der Waals surface area contributed by atoms with E-state index in [1.54, 1.807) is 7.11 Å². The van der Waals surface area contributed by atoms with Gasteiger partial charge in [0.25, 0.3) is 0 Å². The van der Waals surface area contributed by atoms with Crippen LogP contribution in [0, 0.1) is 0 Å². The van der Waals surface area contributed by atoms with Crippen LogP contribution in [0.5, 0.6) is 17.2 Å². The lowest BCUT2D eigenvalue weighted by molar-refractivity contribution is 0.0711. The first-order valence-corrected chi connectivity index (χ1v) is 7.22. The van der Waals surface area contributed by atoms with E-state index in [0.29, 0.717) is 13.2 Å². The predicted molar refractivity (Wildman–Crippen MR) is 81.1 cm³/mol. The first-order chi connectivity index (χ1) is 9.89. The molecular weight excluding hydrogens is 270 g/mol. The lowest BCUT2D eigenvalue weighted by Crippen LogP contribution is -2.35. The Morgan fingerprint density at radius 3 is 2.52 bits per heavy atom. The molecule has 0 aromatic heterocycles. The van der Waals surface area contributed by atoms with Crippen molar-refractivity contribution in [2.45, 2.75) is 45.9 Å². The maximum absolute atomic E-state index is 5.88. The zero-order valence-electron chi connectivity index (χ0n) is 13.5. The standard InChI is InChI=1S/C16H25NO4/c1-11(18-5)9-19-13-7-15-14(20-10-21-15)6-12(13)8-17-16(2,3)4/h6-7,11,17H,8-10H2,1-5H3. The van der Waals surface area contributed by atoms with Crippen molar-refractivity contribution in [1.29, 1.82) is 0 Å². The number of hydrogen-bond donors (Lipinski definition) is 1. The Morgan fingerprint density at radius 1 is 1.24 bits per heavy atom. The monoisotopic (exact) mass is 295 g/mol. The van der Waals surface area contributed by atoms with Gasteiger partial charge < -0.3 is 24.3 Å². The lowest BCUT2D eigenvalue weighted by atomic mass is 10.1. The van der Waals surface area contributed by atoms with E-state index in [9.17, 15) is 0 Å². The number of nitrogens with one attached hydrogen (secondary N) is 1. The summed E-state index contributed by atoms with van der Waals surface area (Å²) in [5.41, 5.74) is 1.09. The summed E-state index contributed by atoms with van der Waals surface area (Å²) in [6.07, 6.45) is 0.0406. The Balaban J connectivity index is 2.15. The number of rotatable bonds is 6. The first kappa shape index (κ1) is 15.9.